The van der Waals surface area contributed by atoms with Gasteiger partial charge in [-0.05, 0) is 69.7 Å². The first-order valence-corrected chi connectivity index (χ1v) is 13.2. The quantitative estimate of drug-likeness (QED) is 0.513. The summed E-state index contributed by atoms with van der Waals surface area (Å²) in [6, 6.07) is 0. The molecule has 4 rings (SSSR count). The number of halogens is 1. The van der Waals surface area contributed by atoms with Crippen molar-refractivity contribution in [3.8, 4) is 0 Å². The molecule has 0 aliphatic heterocycles. The Bertz CT molecular complexity index is 1010. The van der Waals surface area contributed by atoms with Crippen molar-refractivity contribution in [3.63, 3.8) is 0 Å². The summed E-state index contributed by atoms with van der Waals surface area (Å²) < 4.78 is 22.5. The largest absolute Gasteiger partial charge is 0.457 e. The molecule has 7 nitrogen and oxygen atoms in total. The molecule has 0 aromatic heterocycles. The normalized spacial score (nSPS) is 43.5. The van der Waals surface area contributed by atoms with Crippen molar-refractivity contribution in [2.45, 2.75) is 77.7 Å². The molecular formula is C28H40FNO6. The van der Waals surface area contributed by atoms with Crippen LogP contribution in [0.25, 0.3) is 0 Å². The van der Waals surface area contributed by atoms with Crippen LogP contribution in [0, 0.1) is 28.6 Å². The summed E-state index contributed by atoms with van der Waals surface area (Å²) in [6.07, 6.45) is 4.28. The molecule has 0 spiro atoms. The highest BCUT2D eigenvalue weighted by atomic mass is 19.1. The third-order valence-corrected chi connectivity index (χ3v) is 10.3. The van der Waals surface area contributed by atoms with Crippen molar-refractivity contribution in [1.82, 2.24) is 4.90 Å². The Morgan fingerprint density at radius 3 is 2.53 bits per heavy atom. The van der Waals surface area contributed by atoms with Gasteiger partial charge in [0.15, 0.2) is 18.1 Å². The predicted molar refractivity (Wildman–Crippen MR) is 132 cm³/mol. The molecule has 3 saturated carbocycles. The zero-order valence-electron chi connectivity index (χ0n) is 22.1. The van der Waals surface area contributed by atoms with Crippen LogP contribution in [0.4, 0.5) is 4.39 Å². The molecule has 4 aliphatic carbocycles. The number of carbonyl (C=O) groups excluding carboxylic acids is 3. The molecule has 0 saturated heterocycles. The topological polar surface area (TPSA) is 104 Å². The first-order valence-electron chi connectivity index (χ1n) is 13.2. The number of allylic oxidation sites excluding steroid dienone is 4. The summed E-state index contributed by atoms with van der Waals surface area (Å²) in [5.74, 6) is -2.76. The van der Waals surface area contributed by atoms with Gasteiger partial charge in [0.05, 0.1) is 12.6 Å². The van der Waals surface area contributed by atoms with E-state index < -0.39 is 58.4 Å². The number of aliphatic hydroxyl groups excluding tert-OH is 1. The Balaban J connectivity index is 1.61. The molecule has 8 atom stereocenters. The monoisotopic (exact) mass is 505 g/mol. The summed E-state index contributed by atoms with van der Waals surface area (Å²) in [5, 5.41) is 23.3. The van der Waals surface area contributed by atoms with E-state index in [2.05, 4.69) is 0 Å². The van der Waals surface area contributed by atoms with Gasteiger partial charge in [0.1, 0.15) is 5.60 Å². The van der Waals surface area contributed by atoms with Crippen molar-refractivity contribution < 1.29 is 33.7 Å². The average molecular weight is 506 g/mol. The van der Waals surface area contributed by atoms with Gasteiger partial charge in [-0.25, -0.2) is 4.39 Å². The lowest BCUT2D eigenvalue weighted by molar-refractivity contribution is -0.220. The van der Waals surface area contributed by atoms with E-state index in [0.29, 0.717) is 37.9 Å². The predicted octanol–water partition coefficient (Wildman–Crippen LogP) is 2.79. The van der Waals surface area contributed by atoms with Crippen molar-refractivity contribution in [1.29, 1.82) is 0 Å². The van der Waals surface area contributed by atoms with Gasteiger partial charge in [0.25, 0.3) is 0 Å². The highest BCUT2D eigenvalue weighted by Crippen LogP contribution is 2.70. The number of fused-ring (bicyclic) bond motifs is 5. The minimum atomic E-state index is -2.03. The van der Waals surface area contributed by atoms with Crippen LogP contribution in [0.5, 0.6) is 0 Å². The lowest BCUT2D eigenvalue weighted by Crippen LogP contribution is -2.69. The standard InChI is InChI=1S/C28H40FNO6/c1-6-30(7-2)15-24(34)36-16-23(33)28(35)17(3)12-21-20-9-8-18-13-19(31)10-11-25(18,4)27(20,29)22(32)14-26(21,28)5/h10-11,13,17,20-22,32,35H,6-9,12,14-16H2,1-5H3/t17-,20+,21+,22+,25+,26+,27+,28+/m1/s1. The molecule has 0 aromatic rings. The lowest BCUT2D eigenvalue weighted by Gasteiger charge is -2.62. The number of likely N-dealkylation sites (N-methyl/N-ethyl adjacent to an activating group) is 1. The van der Waals surface area contributed by atoms with Crippen LogP contribution in [0.1, 0.15) is 60.3 Å². The molecule has 8 heteroatoms. The fraction of sp³-hybridized carbons (Fsp3) is 0.750. The number of rotatable bonds is 7. The SMILES string of the molecule is CCN(CC)CC(=O)OCC(=O)[C@@]1(O)[C@H](C)C[C@H]2[C@@H]3CCC4=CC(=O)C=C[C@]4(C)[C@@]3(F)[C@@H](O)C[C@@]21C. The van der Waals surface area contributed by atoms with E-state index in [0.717, 1.165) is 0 Å². The van der Waals surface area contributed by atoms with E-state index in [1.165, 1.54) is 12.2 Å². The molecule has 0 bridgehead atoms. The summed E-state index contributed by atoms with van der Waals surface area (Å²) in [5.41, 5.74) is -5.40. The number of esters is 1. The molecule has 36 heavy (non-hydrogen) atoms. The van der Waals surface area contributed by atoms with E-state index in [9.17, 15) is 24.6 Å². The smallest absolute Gasteiger partial charge is 0.320 e. The van der Waals surface area contributed by atoms with Gasteiger partial charge in [-0.1, -0.05) is 39.3 Å². The second kappa shape index (κ2) is 9.14. The molecule has 4 aliphatic rings. The number of hydrogen-bond donors (Lipinski definition) is 2. The zero-order chi connectivity index (χ0) is 26.7. The fourth-order valence-electron chi connectivity index (χ4n) is 8.07. The van der Waals surface area contributed by atoms with Gasteiger partial charge < -0.3 is 14.9 Å². The van der Waals surface area contributed by atoms with Gasteiger partial charge >= 0.3 is 5.97 Å². The summed E-state index contributed by atoms with van der Waals surface area (Å²) in [6.45, 7) is 9.99. The summed E-state index contributed by atoms with van der Waals surface area (Å²) >= 11 is 0. The first kappa shape index (κ1) is 27.1. The van der Waals surface area contributed by atoms with E-state index in [1.807, 2.05) is 18.7 Å². The second-order valence-electron chi connectivity index (χ2n) is 11.7. The van der Waals surface area contributed by atoms with Crippen LogP contribution in [-0.4, -0.2) is 76.3 Å². The van der Waals surface area contributed by atoms with Gasteiger partial charge in [-0.15, -0.1) is 0 Å². The molecule has 0 aromatic carbocycles. The highest BCUT2D eigenvalue weighted by Gasteiger charge is 2.75. The van der Waals surface area contributed by atoms with Crippen molar-refractivity contribution in [3.05, 3.63) is 23.8 Å². The Hall–Kier alpha value is -1.90. The fourth-order valence-corrected chi connectivity index (χ4v) is 8.07. The van der Waals surface area contributed by atoms with Crippen molar-refractivity contribution >= 4 is 17.5 Å². The molecule has 0 radical (unpaired) electrons. The molecule has 0 amide bonds. The van der Waals surface area contributed by atoms with Crippen LogP contribution < -0.4 is 0 Å². The van der Waals surface area contributed by atoms with Gasteiger partial charge in [-0.2, -0.15) is 0 Å². The summed E-state index contributed by atoms with van der Waals surface area (Å²) in [4.78, 5) is 39.6. The van der Waals surface area contributed by atoms with Crippen LogP contribution >= 0.6 is 0 Å². The molecule has 2 N–H and O–H groups in total. The van der Waals surface area contributed by atoms with Crippen molar-refractivity contribution in [2.75, 3.05) is 26.2 Å². The second-order valence-corrected chi connectivity index (χ2v) is 11.7. The lowest BCUT2D eigenvalue weighted by atomic mass is 9.44. The Morgan fingerprint density at radius 2 is 1.89 bits per heavy atom. The number of carbonyl (C=O) groups is 3. The molecule has 200 valence electrons. The number of aliphatic hydroxyl groups is 2. The van der Waals surface area contributed by atoms with Crippen molar-refractivity contribution in [2.24, 2.45) is 28.6 Å². The molecule has 0 heterocycles. The van der Waals surface area contributed by atoms with E-state index >= 15 is 4.39 Å². The number of nitrogens with zero attached hydrogens (tertiary/aromatic N) is 1. The van der Waals surface area contributed by atoms with Crippen LogP contribution in [0.2, 0.25) is 0 Å². The highest BCUT2D eigenvalue weighted by molar-refractivity contribution is 6.01. The third kappa shape index (κ3) is 3.58. The third-order valence-electron chi connectivity index (χ3n) is 10.3. The number of alkyl halides is 1. The molecule has 3 fully saturated rings. The van der Waals surface area contributed by atoms with Crippen LogP contribution in [0.3, 0.4) is 0 Å². The Labute approximate surface area is 212 Å². The van der Waals surface area contributed by atoms with Gasteiger partial charge in [0.2, 0.25) is 5.78 Å². The zero-order valence-corrected chi connectivity index (χ0v) is 22.1. The maximum Gasteiger partial charge on any atom is 0.320 e. The maximum atomic E-state index is 17.2. The minimum absolute atomic E-state index is 0.0593. The molecular weight excluding hydrogens is 465 g/mol. The number of ether oxygens (including phenoxy) is 1. The number of ketones is 2. The van der Waals surface area contributed by atoms with Gasteiger partial charge in [0, 0.05) is 16.7 Å². The minimum Gasteiger partial charge on any atom is -0.457 e. The van der Waals surface area contributed by atoms with E-state index in [1.54, 1.807) is 26.8 Å². The first-order chi connectivity index (χ1) is 16.8. The summed E-state index contributed by atoms with van der Waals surface area (Å²) in [7, 11) is 0. The number of hydrogen-bond acceptors (Lipinski definition) is 7. The maximum absolute atomic E-state index is 17.2. The Morgan fingerprint density at radius 1 is 1.22 bits per heavy atom. The molecule has 0 unspecified atom stereocenters. The van der Waals surface area contributed by atoms with Gasteiger partial charge in [-0.3, -0.25) is 19.3 Å². The van der Waals surface area contributed by atoms with Crippen LogP contribution in [0.15, 0.2) is 23.8 Å². The van der Waals surface area contributed by atoms with E-state index in [-0.39, 0.29) is 24.7 Å². The van der Waals surface area contributed by atoms with E-state index in [4.69, 9.17) is 4.74 Å². The number of Topliss-reactive ketones (excluding diaryl/α,β-unsaturated/α-hetero) is 1. The van der Waals surface area contributed by atoms with Crippen LogP contribution in [-0.2, 0) is 19.1 Å². The average Bonchev–Trinajstić information content (AvgIpc) is 3.03. The Kier molecular flexibility index (Phi) is 6.89.